The summed E-state index contributed by atoms with van der Waals surface area (Å²) in [6.07, 6.45) is 1.37. The van der Waals surface area contributed by atoms with E-state index >= 15 is 0 Å². The molecule has 1 aromatic rings. The van der Waals surface area contributed by atoms with Crippen molar-refractivity contribution in [3.05, 3.63) is 34.0 Å². The van der Waals surface area contributed by atoms with E-state index in [2.05, 4.69) is 0 Å². The van der Waals surface area contributed by atoms with E-state index < -0.39 is 6.10 Å². The van der Waals surface area contributed by atoms with Crippen LogP contribution in [0.4, 0.5) is 4.39 Å². The number of rotatable bonds is 2. The molecule has 1 atom stereocenters. The van der Waals surface area contributed by atoms with Crippen molar-refractivity contribution >= 4 is 11.3 Å². The number of hydrogen-bond acceptors (Lipinski definition) is 3. The van der Waals surface area contributed by atoms with E-state index in [0.29, 0.717) is 17.9 Å². The molecule has 0 radical (unpaired) electrons. The smallest absolute Gasteiger partial charge is 0.140 e. The van der Waals surface area contributed by atoms with Crippen molar-refractivity contribution in [1.29, 1.82) is 0 Å². The van der Waals surface area contributed by atoms with Crippen LogP contribution in [0.3, 0.4) is 0 Å². The van der Waals surface area contributed by atoms with Gasteiger partial charge >= 0.3 is 0 Å². The second-order valence-corrected chi connectivity index (χ2v) is 3.80. The molecule has 1 N–H and O–H groups in total. The summed E-state index contributed by atoms with van der Waals surface area (Å²) >= 11 is 1.22. The van der Waals surface area contributed by atoms with Crippen molar-refractivity contribution in [3.63, 3.8) is 0 Å². The Hall–Kier alpha value is -0.870. The summed E-state index contributed by atoms with van der Waals surface area (Å²) in [6.45, 7) is 0.583. The van der Waals surface area contributed by atoms with Gasteiger partial charge in [-0.15, -0.1) is 11.3 Å². The molecule has 0 aromatic carbocycles. The fourth-order valence-electron chi connectivity index (χ4n) is 1.27. The van der Waals surface area contributed by atoms with Crippen LogP contribution < -0.4 is 0 Å². The molecule has 2 heterocycles. The van der Waals surface area contributed by atoms with Crippen molar-refractivity contribution < 1.29 is 14.2 Å². The minimum Gasteiger partial charge on any atom is -0.501 e. The zero-order chi connectivity index (χ0) is 9.26. The molecule has 0 amide bonds. The lowest BCUT2D eigenvalue weighted by Gasteiger charge is -2.07. The fourth-order valence-corrected chi connectivity index (χ4v) is 2.07. The Kier molecular flexibility index (Phi) is 2.33. The highest BCUT2D eigenvalue weighted by atomic mass is 32.1. The molecule has 2 rings (SSSR count). The molecule has 2 nitrogen and oxygen atoms in total. The van der Waals surface area contributed by atoms with Crippen molar-refractivity contribution in [2.45, 2.75) is 12.5 Å². The SMILES string of the molecule is OC(C1=COCC1)c1sccc1F. The Morgan fingerprint density at radius 2 is 2.46 bits per heavy atom. The lowest BCUT2D eigenvalue weighted by Crippen LogP contribution is -1.99. The zero-order valence-electron chi connectivity index (χ0n) is 6.87. The molecule has 1 unspecified atom stereocenters. The second kappa shape index (κ2) is 3.47. The molecule has 1 aromatic heterocycles. The van der Waals surface area contributed by atoms with Gasteiger partial charge in [0.1, 0.15) is 11.9 Å². The highest BCUT2D eigenvalue weighted by Crippen LogP contribution is 2.31. The normalized spacial score (nSPS) is 18.2. The third kappa shape index (κ3) is 1.59. The number of halogens is 1. The molecule has 13 heavy (non-hydrogen) atoms. The Bertz CT molecular complexity index is 332. The van der Waals surface area contributed by atoms with Gasteiger partial charge in [0.05, 0.1) is 17.7 Å². The molecular formula is C9H9FO2S. The van der Waals surface area contributed by atoms with Gasteiger partial charge in [-0.25, -0.2) is 4.39 Å². The van der Waals surface area contributed by atoms with E-state index in [1.54, 1.807) is 5.38 Å². The lowest BCUT2D eigenvalue weighted by molar-refractivity contribution is 0.212. The number of ether oxygens (including phenoxy) is 1. The van der Waals surface area contributed by atoms with Crippen LogP contribution in [-0.4, -0.2) is 11.7 Å². The van der Waals surface area contributed by atoms with Crippen LogP contribution in [0.1, 0.15) is 17.4 Å². The van der Waals surface area contributed by atoms with Gasteiger partial charge in [-0.3, -0.25) is 0 Å². The quantitative estimate of drug-likeness (QED) is 0.793. The average molecular weight is 200 g/mol. The fraction of sp³-hybridized carbons (Fsp3) is 0.333. The molecule has 0 spiro atoms. The van der Waals surface area contributed by atoms with Crippen molar-refractivity contribution in [2.24, 2.45) is 0 Å². The first-order valence-corrected chi connectivity index (χ1v) is 4.88. The topological polar surface area (TPSA) is 29.5 Å². The Morgan fingerprint density at radius 1 is 1.62 bits per heavy atom. The van der Waals surface area contributed by atoms with Gasteiger partial charge in [-0.1, -0.05) is 0 Å². The summed E-state index contributed by atoms with van der Waals surface area (Å²) < 4.78 is 18.0. The van der Waals surface area contributed by atoms with Gasteiger partial charge in [0.15, 0.2) is 0 Å². The Labute approximate surface area is 79.3 Å². The Morgan fingerprint density at radius 3 is 3.00 bits per heavy atom. The Balaban J connectivity index is 2.21. The van der Waals surface area contributed by atoms with E-state index in [1.807, 2.05) is 0 Å². The highest BCUT2D eigenvalue weighted by molar-refractivity contribution is 7.10. The number of thiophene rings is 1. The molecule has 0 aliphatic carbocycles. The minimum atomic E-state index is -0.831. The van der Waals surface area contributed by atoms with Crippen LogP contribution >= 0.6 is 11.3 Å². The van der Waals surface area contributed by atoms with Crippen molar-refractivity contribution in [2.75, 3.05) is 6.61 Å². The predicted molar refractivity (Wildman–Crippen MR) is 47.9 cm³/mol. The minimum absolute atomic E-state index is 0.342. The van der Waals surface area contributed by atoms with E-state index in [9.17, 15) is 9.50 Å². The van der Waals surface area contributed by atoms with Crippen LogP contribution in [0.15, 0.2) is 23.3 Å². The van der Waals surface area contributed by atoms with Crippen LogP contribution in [0.2, 0.25) is 0 Å². The lowest BCUT2D eigenvalue weighted by atomic mass is 10.1. The predicted octanol–water partition coefficient (Wildman–Crippen LogP) is 2.22. The summed E-state index contributed by atoms with van der Waals surface area (Å²) in [4.78, 5) is 0.372. The second-order valence-electron chi connectivity index (χ2n) is 2.85. The maximum absolute atomic E-state index is 13.0. The molecule has 0 bridgehead atoms. The van der Waals surface area contributed by atoms with Crippen LogP contribution in [-0.2, 0) is 4.74 Å². The van der Waals surface area contributed by atoms with Gasteiger partial charge in [-0.2, -0.15) is 0 Å². The van der Waals surface area contributed by atoms with Crippen LogP contribution in [0, 0.1) is 5.82 Å². The molecular weight excluding hydrogens is 191 g/mol. The van der Waals surface area contributed by atoms with Gasteiger partial charge in [0.25, 0.3) is 0 Å². The molecule has 0 fully saturated rings. The maximum atomic E-state index is 13.0. The molecule has 70 valence electrons. The third-order valence-electron chi connectivity index (χ3n) is 1.99. The first kappa shape index (κ1) is 8.72. The maximum Gasteiger partial charge on any atom is 0.140 e. The van der Waals surface area contributed by atoms with E-state index in [0.717, 1.165) is 5.57 Å². The van der Waals surface area contributed by atoms with Crippen LogP contribution in [0.5, 0.6) is 0 Å². The van der Waals surface area contributed by atoms with Gasteiger partial charge in [-0.05, 0) is 11.4 Å². The average Bonchev–Trinajstić information content (AvgIpc) is 2.72. The molecule has 0 saturated heterocycles. The van der Waals surface area contributed by atoms with E-state index in [4.69, 9.17) is 4.74 Å². The third-order valence-corrected chi connectivity index (χ3v) is 2.93. The number of hydrogen-bond donors (Lipinski definition) is 1. The summed E-state index contributed by atoms with van der Waals surface area (Å²) in [5.74, 6) is -0.342. The molecule has 1 aliphatic heterocycles. The van der Waals surface area contributed by atoms with E-state index in [-0.39, 0.29) is 5.82 Å². The molecule has 4 heteroatoms. The first-order valence-electron chi connectivity index (χ1n) is 4.00. The van der Waals surface area contributed by atoms with Gasteiger partial charge in [0.2, 0.25) is 0 Å². The molecule has 1 aliphatic rings. The summed E-state index contributed by atoms with van der Waals surface area (Å²) in [7, 11) is 0. The van der Waals surface area contributed by atoms with Gasteiger partial charge in [0, 0.05) is 12.0 Å². The largest absolute Gasteiger partial charge is 0.501 e. The highest BCUT2D eigenvalue weighted by Gasteiger charge is 2.21. The van der Waals surface area contributed by atoms with Crippen LogP contribution in [0.25, 0.3) is 0 Å². The standard InChI is InChI=1S/C9H9FO2S/c10-7-2-4-13-9(7)8(11)6-1-3-12-5-6/h2,4-5,8,11H,1,3H2. The van der Waals surface area contributed by atoms with E-state index in [1.165, 1.54) is 23.7 Å². The number of aliphatic hydroxyl groups is 1. The molecule has 0 saturated carbocycles. The van der Waals surface area contributed by atoms with Gasteiger partial charge < -0.3 is 9.84 Å². The monoisotopic (exact) mass is 200 g/mol. The zero-order valence-corrected chi connectivity index (χ0v) is 7.68. The summed E-state index contributed by atoms with van der Waals surface area (Å²) in [5, 5.41) is 11.3. The summed E-state index contributed by atoms with van der Waals surface area (Å²) in [6, 6.07) is 1.36. The van der Waals surface area contributed by atoms with Crippen molar-refractivity contribution in [1.82, 2.24) is 0 Å². The summed E-state index contributed by atoms with van der Waals surface area (Å²) in [5.41, 5.74) is 0.751. The number of aliphatic hydroxyl groups excluding tert-OH is 1. The van der Waals surface area contributed by atoms with Crippen molar-refractivity contribution in [3.8, 4) is 0 Å². The first-order chi connectivity index (χ1) is 6.29.